The van der Waals surface area contributed by atoms with E-state index in [0.29, 0.717) is 6.54 Å². The van der Waals surface area contributed by atoms with E-state index >= 15 is 0 Å². The zero-order valence-electron chi connectivity index (χ0n) is 14.3. The maximum atomic E-state index is 13.1. The molecule has 0 spiro atoms. The van der Waals surface area contributed by atoms with Gasteiger partial charge in [-0.15, -0.1) is 12.4 Å². The summed E-state index contributed by atoms with van der Waals surface area (Å²) in [5, 5.41) is 5.25. The van der Waals surface area contributed by atoms with E-state index in [-0.39, 0.29) is 12.4 Å². The van der Waals surface area contributed by atoms with E-state index in [1.54, 1.807) is 7.11 Å². The molecular weight excluding hydrogens is 362 g/mol. The van der Waals surface area contributed by atoms with E-state index in [9.17, 15) is 13.6 Å². The molecule has 0 aliphatic carbocycles. The van der Waals surface area contributed by atoms with Gasteiger partial charge in [-0.3, -0.25) is 10.1 Å². The minimum absolute atomic E-state index is 0. The molecular formula is C19H21ClF2N2O2. The number of carbonyl (C=O) groups excluding carboxylic acids is 1. The van der Waals surface area contributed by atoms with Crippen LogP contribution in [0.25, 0.3) is 11.1 Å². The van der Waals surface area contributed by atoms with Crippen molar-refractivity contribution in [3.05, 3.63) is 54.1 Å². The van der Waals surface area contributed by atoms with Gasteiger partial charge in [-0.05, 0) is 28.8 Å². The van der Waals surface area contributed by atoms with Gasteiger partial charge in [-0.25, -0.2) is 8.78 Å². The van der Waals surface area contributed by atoms with Crippen LogP contribution in [0.15, 0.2) is 48.5 Å². The van der Waals surface area contributed by atoms with E-state index < -0.39 is 30.8 Å². The Kier molecular flexibility index (Phi) is 6.56. The van der Waals surface area contributed by atoms with Gasteiger partial charge in [0.1, 0.15) is 5.75 Å². The predicted molar refractivity (Wildman–Crippen MR) is 98.9 cm³/mol. The Hall–Kier alpha value is -2.18. The first kappa shape index (κ1) is 20.1. The fraction of sp³-hybridized carbons (Fsp3) is 0.316. The molecule has 7 heteroatoms. The molecule has 2 aromatic carbocycles. The number of hydrogen-bond acceptors (Lipinski definition) is 3. The summed E-state index contributed by atoms with van der Waals surface area (Å²) in [5.74, 6) is -2.40. The van der Waals surface area contributed by atoms with Crippen molar-refractivity contribution < 1.29 is 18.3 Å². The van der Waals surface area contributed by atoms with Crippen LogP contribution in [0, 0.1) is 0 Å². The molecule has 0 saturated carbocycles. The van der Waals surface area contributed by atoms with Gasteiger partial charge in [-0.1, -0.05) is 36.4 Å². The van der Waals surface area contributed by atoms with Crippen LogP contribution in [-0.2, 0) is 11.3 Å². The van der Waals surface area contributed by atoms with Crippen molar-refractivity contribution in [3.8, 4) is 16.9 Å². The molecule has 3 rings (SSSR count). The summed E-state index contributed by atoms with van der Waals surface area (Å²) in [6.07, 6.45) is -0.449. The van der Waals surface area contributed by atoms with Gasteiger partial charge >= 0.3 is 0 Å². The third-order valence-electron chi connectivity index (χ3n) is 4.27. The van der Waals surface area contributed by atoms with Gasteiger partial charge in [0, 0.05) is 13.0 Å². The first-order valence-corrected chi connectivity index (χ1v) is 8.09. The first-order valence-electron chi connectivity index (χ1n) is 8.09. The van der Waals surface area contributed by atoms with Crippen molar-refractivity contribution in [1.82, 2.24) is 10.6 Å². The highest BCUT2D eigenvalue weighted by Gasteiger charge is 2.42. The van der Waals surface area contributed by atoms with Gasteiger partial charge in [-0.2, -0.15) is 0 Å². The van der Waals surface area contributed by atoms with Gasteiger partial charge in [0.25, 0.3) is 5.92 Å². The number of hydrogen-bond donors (Lipinski definition) is 2. The minimum atomic E-state index is -2.80. The van der Waals surface area contributed by atoms with Crippen LogP contribution in [-0.4, -0.2) is 31.5 Å². The number of alkyl halides is 2. The van der Waals surface area contributed by atoms with Crippen LogP contribution in [0.3, 0.4) is 0 Å². The summed E-state index contributed by atoms with van der Waals surface area (Å²) in [4.78, 5) is 11.9. The van der Waals surface area contributed by atoms with E-state index in [1.807, 2.05) is 48.5 Å². The second-order valence-corrected chi connectivity index (χ2v) is 6.14. The standard InChI is InChI=1S/C19H20F2N2O2.ClH/c1-25-16-8-6-15(7-9-16)14-4-2-13(3-5-14)11-22-18(24)17-10-19(20,21)12-23-17;/h2-9,17,23H,10-12H2,1H3,(H,22,24);1H. The fourth-order valence-corrected chi connectivity index (χ4v) is 2.81. The van der Waals surface area contributed by atoms with Gasteiger partial charge in [0.05, 0.1) is 19.7 Å². The highest BCUT2D eigenvalue weighted by atomic mass is 35.5. The molecule has 1 atom stereocenters. The Morgan fingerprint density at radius 1 is 1.15 bits per heavy atom. The van der Waals surface area contributed by atoms with Crippen molar-refractivity contribution in [1.29, 1.82) is 0 Å². The lowest BCUT2D eigenvalue weighted by atomic mass is 10.0. The number of rotatable bonds is 5. The molecule has 4 nitrogen and oxygen atoms in total. The van der Waals surface area contributed by atoms with Gasteiger partial charge < -0.3 is 10.1 Å². The summed E-state index contributed by atoms with van der Waals surface area (Å²) in [6, 6.07) is 14.7. The number of halogens is 3. The Morgan fingerprint density at radius 2 is 1.73 bits per heavy atom. The van der Waals surface area contributed by atoms with Crippen molar-refractivity contribution in [2.75, 3.05) is 13.7 Å². The van der Waals surface area contributed by atoms with Crippen LogP contribution in [0.4, 0.5) is 8.78 Å². The summed E-state index contributed by atoms with van der Waals surface area (Å²) in [5.41, 5.74) is 3.03. The molecule has 26 heavy (non-hydrogen) atoms. The predicted octanol–water partition coefficient (Wildman–Crippen LogP) is 3.40. The van der Waals surface area contributed by atoms with E-state index in [2.05, 4.69) is 10.6 Å². The molecule has 0 aromatic heterocycles. The second kappa shape index (κ2) is 8.47. The van der Waals surface area contributed by atoms with E-state index in [4.69, 9.17) is 4.74 Å². The Balaban J connectivity index is 0.00000243. The molecule has 1 fully saturated rings. The van der Waals surface area contributed by atoms with Crippen LogP contribution >= 0.6 is 12.4 Å². The van der Waals surface area contributed by atoms with Crippen LogP contribution in [0.5, 0.6) is 5.75 Å². The molecule has 2 aromatic rings. The third kappa shape index (κ3) is 4.93. The minimum Gasteiger partial charge on any atom is -0.497 e. The largest absolute Gasteiger partial charge is 0.497 e. The molecule has 1 aliphatic heterocycles. The average Bonchev–Trinajstić information content (AvgIpc) is 3.00. The number of amides is 1. The van der Waals surface area contributed by atoms with Crippen molar-refractivity contribution in [2.45, 2.75) is 24.9 Å². The average molecular weight is 383 g/mol. The summed E-state index contributed by atoms with van der Waals surface area (Å²) >= 11 is 0. The molecule has 1 amide bonds. The maximum Gasteiger partial charge on any atom is 0.262 e. The summed E-state index contributed by atoms with van der Waals surface area (Å²) in [6.45, 7) is -0.132. The van der Waals surface area contributed by atoms with Crippen LogP contribution in [0.2, 0.25) is 0 Å². The second-order valence-electron chi connectivity index (χ2n) is 6.14. The Bertz CT molecular complexity index is 736. The summed E-state index contributed by atoms with van der Waals surface area (Å²) in [7, 11) is 1.63. The molecule has 140 valence electrons. The van der Waals surface area contributed by atoms with Gasteiger partial charge in [0.2, 0.25) is 5.91 Å². The van der Waals surface area contributed by atoms with Crippen molar-refractivity contribution >= 4 is 18.3 Å². The van der Waals surface area contributed by atoms with Crippen LogP contribution in [0.1, 0.15) is 12.0 Å². The fourth-order valence-electron chi connectivity index (χ4n) is 2.81. The lowest BCUT2D eigenvalue weighted by molar-refractivity contribution is -0.123. The van der Waals surface area contributed by atoms with E-state index in [1.165, 1.54) is 0 Å². The lowest BCUT2D eigenvalue weighted by Gasteiger charge is -2.11. The number of methoxy groups -OCH3 is 1. The zero-order chi connectivity index (χ0) is 17.9. The smallest absolute Gasteiger partial charge is 0.262 e. The topological polar surface area (TPSA) is 50.4 Å². The lowest BCUT2D eigenvalue weighted by Crippen LogP contribution is -2.40. The normalized spacial score (nSPS) is 18.0. The zero-order valence-corrected chi connectivity index (χ0v) is 15.1. The third-order valence-corrected chi connectivity index (χ3v) is 4.27. The Labute approximate surface area is 157 Å². The highest BCUT2D eigenvalue weighted by molar-refractivity contribution is 5.85. The number of ether oxygens (including phenoxy) is 1. The van der Waals surface area contributed by atoms with Crippen molar-refractivity contribution in [2.24, 2.45) is 0 Å². The number of nitrogens with one attached hydrogen (secondary N) is 2. The SMILES string of the molecule is COc1ccc(-c2ccc(CNC(=O)C3CC(F)(F)CN3)cc2)cc1.Cl. The molecule has 1 heterocycles. The quantitative estimate of drug-likeness (QED) is 0.833. The molecule has 2 N–H and O–H groups in total. The monoisotopic (exact) mass is 382 g/mol. The number of carbonyl (C=O) groups is 1. The molecule has 1 saturated heterocycles. The highest BCUT2D eigenvalue weighted by Crippen LogP contribution is 2.25. The van der Waals surface area contributed by atoms with Gasteiger partial charge in [0.15, 0.2) is 0 Å². The number of benzene rings is 2. The van der Waals surface area contributed by atoms with Crippen molar-refractivity contribution in [3.63, 3.8) is 0 Å². The molecule has 0 bridgehead atoms. The van der Waals surface area contributed by atoms with Crippen LogP contribution < -0.4 is 15.4 Å². The Morgan fingerprint density at radius 3 is 2.23 bits per heavy atom. The van der Waals surface area contributed by atoms with E-state index in [0.717, 1.165) is 22.4 Å². The molecule has 0 radical (unpaired) electrons. The first-order chi connectivity index (χ1) is 12.0. The molecule has 1 aliphatic rings. The summed E-state index contributed by atoms with van der Waals surface area (Å²) < 4.78 is 31.4. The maximum absolute atomic E-state index is 13.1. The molecule has 1 unspecified atom stereocenters.